The number of carbonyl (C=O) groups excluding carboxylic acids is 1. The molecule has 0 aliphatic carbocycles. The number of hydrogen-bond donors (Lipinski definition) is 0. The monoisotopic (exact) mass is 278 g/mol. The maximum Gasteiger partial charge on any atom is 0.357 e. The molecule has 2 aromatic rings. The Morgan fingerprint density at radius 3 is 2.89 bits per heavy atom. The predicted molar refractivity (Wildman–Crippen MR) is 72.5 cm³/mol. The normalized spacial score (nSPS) is 10.2. The fourth-order valence-electron chi connectivity index (χ4n) is 1.49. The van der Waals surface area contributed by atoms with Gasteiger partial charge in [-0.1, -0.05) is 0 Å². The lowest BCUT2D eigenvalue weighted by atomic mass is 10.3. The van der Waals surface area contributed by atoms with Gasteiger partial charge in [0.05, 0.1) is 19.4 Å². The van der Waals surface area contributed by atoms with Gasteiger partial charge in [-0.15, -0.1) is 11.3 Å². The molecule has 0 atom stereocenters. The molecule has 0 unspecified atom stereocenters. The minimum Gasteiger partial charge on any atom is -0.492 e. The van der Waals surface area contributed by atoms with E-state index in [2.05, 4.69) is 9.97 Å². The largest absolute Gasteiger partial charge is 0.492 e. The molecule has 0 N–H and O–H groups in total. The number of nitrogens with zero attached hydrogens (tertiary/aromatic N) is 2. The number of ether oxygens (including phenoxy) is 2. The molecule has 0 fully saturated rings. The predicted octanol–water partition coefficient (Wildman–Crippen LogP) is 2.78. The molecule has 0 radical (unpaired) electrons. The minimum atomic E-state index is -0.404. The topological polar surface area (TPSA) is 61.3 Å². The van der Waals surface area contributed by atoms with Crippen LogP contribution < -0.4 is 4.74 Å². The second-order valence-electron chi connectivity index (χ2n) is 3.60. The number of esters is 1. The van der Waals surface area contributed by atoms with Crippen molar-refractivity contribution in [3.63, 3.8) is 0 Å². The molecule has 0 amide bonds. The summed E-state index contributed by atoms with van der Waals surface area (Å²) < 4.78 is 10.3. The molecule has 2 rings (SSSR count). The molecular formula is C13H14N2O3S. The highest BCUT2D eigenvalue weighted by Gasteiger charge is 2.13. The van der Waals surface area contributed by atoms with Crippen molar-refractivity contribution in [2.24, 2.45) is 0 Å². The first-order valence-electron chi connectivity index (χ1n) is 5.95. The fraction of sp³-hybridized carbons (Fsp3) is 0.308. The third kappa shape index (κ3) is 3.29. The van der Waals surface area contributed by atoms with Crippen LogP contribution in [0.2, 0.25) is 0 Å². The van der Waals surface area contributed by atoms with Crippen molar-refractivity contribution in [2.75, 3.05) is 13.2 Å². The summed E-state index contributed by atoms with van der Waals surface area (Å²) in [5, 5.41) is 2.40. The quantitative estimate of drug-likeness (QED) is 0.787. The molecule has 0 bridgehead atoms. The Bertz CT molecular complexity index is 569. The van der Waals surface area contributed by atoms with E-state index < -0.39 is 5.97 Å². The van der Waals surface area contributed by atoms with E-state index in [1.54, 1.807) is 24.7 Å². The zero-order chi connectivity index (χ0) is 13.7. The van der Waals surface area contributed by atoms with Gasteiger partial charge in [-0.05, 0) is 19.9 Å². The molecule has 0 aromatic carbocycles. The van der Waals surface area contributed by atoms with E-state index in [1.807, 2.05) is 13.0 Å². The molecule has 5 nitrogen and oxygen atoms in total. The second-order valence-corrected chi connectivity index (χ2v) is 4.46. The van der Waals surface area contributed by atoms with Crippen LogP contribution in [0.4, 0.5) is 0 Å². The van der Waals surface area contributed by atoms with Gasteiger partial charge < -0.3 is 9.47 Å². The van der Waals surface area contributed by atoms with Crippen LogP contribution >= 0.6 is 11.3 Å². The van der Waals surface area contributed by atoms with Gasteiger partial charge in [-0.3, -0.25) is 4.98 Å². The lowest BCUT2D eigenvalue weighted by molar-refractivity contribution is 0.0520. The van der Waals surface area contributed by atoms with Gasteiger partial charge in [-0.25, -0.2) is 9.78 Å². The number of hydrogen-bond acceptors (Lipinski definition) is 6. The molecule has 100 valence electrons. The Balaban J connectivity index is 2.22. The van der Waals surface area contributed by atoms with E-state index in [9.17, 15) is 4.79 Å². The van der Waals surface area contributed by atoms with Crippen LogP contribution in [-0.4, -0.2) is 29.2 Å². The third-order valence-corrected chi connectivity index (χ3v) is 3.15. The summed E-state index contributed by atoms with van der Waals surface area (Å²) in [6.07, 6.45) is 3.34. The Morgan fingerprint density at radius 2 is 2.16 bits per heavy atom. The van der Waals surface area contributed by atoms with Crippen molar-refractivity contribution >= 4 is 17.3 Å². The van der Waals surface area contributed by atoms with Crippen LogP contribution in [0, 0.1) is 0 Å². The first-order chi connectivity index (χ1) is 9.24. The summed E-state index contributed by atoms with van der Waals surface area (Å²) >= 11 is 1.38. The number of aromatic nitrogens is 2. The first-order valence-corrected chi connectivity index (χ1v) is 6.83. The highest BCUT2D eigenvalue weighted by atomic mass is 32.1. The summed E-state index contributed by atoms with van der Waals surface area (Å²) in [6.45, 7) is 4.60. The summed E-state index contributed by atoms with van der Waals surface area (Å²) in [5.74, 6) is 0.284. The average molecular weight is 278 g/mol. The van der Waals surface area contributed by atoms with Gasteiger partial charge in [-0.2, -0.15) is 0 Å². The Kier molecular flexibility index (Phi) is 4.46. The van der Waals surface area contributed by atoms with Crippen molar-refractivity contribution < 1.29 is 14.3 Å². The molecular weight excluding hydrogens is 264 g/mol. The molecule has 0 saturated heterocycles. The summed E-state index contributed by atoms with van der Waals surface area (Å²) in [5.41, 5.74) is 1.15. The Labute approximate surface area is 115 Å². The van der Waals surface area contributed by atoms with E-state index in [4.69, 9.17) is 9.47 Å². The van der Waals surface area contributed by atoms with Crippen LogP contribution in [0.15, 0.2) is 23.8 Å². The van der Waals surface area contributed by atoms with Crippen molar-refractivity contribution in [3.8, 4) is 16.3 Å². The van der Waals surface area contributed by atoms with Gasteiger partial charge in [0.1, 0.15) is 10.8 Å². The Hall–Kier alpha value is -1.95. The van der Waals surface area contributed by atoms with E-state index >= 15 is 0 Å². The van der Waals surface area contributed by atoms with E-state index in [-0.39, 0.29) is 0 Å². The van der Waals surface area contributed by atoms with Crippen molar-refractivity contribution in [1.29, 1.82) is 0 Å². The molecule has 2 heterocycles. The minimum absolute atomic E-state index is 0.323. The van der Waals surface area contributed by atoms with Gasteiger partial charge in [0.25, 0.3) is 0 Å². The van der Waals surface area contributed by atoms with Gasteiger partial charge in [0.15, 0.2) is 5.69 Å². The van der Waals surface area contributed by atoms with Crippen LogP contribution in [-0.2, 0) is 4.74 Å². The smallest absolute Gasteiger partial charge is 0.357 e. The summed E-state index contributed by atoms with van der Waals surface area (Å²) in [7, 11) is 0. The van der Waals surface area contributed by atoms with Crippen LogP contribution in [0.25, 0.3) is 10.6 Å². The summed E-state index contributed by atoms with van der Waals surface area (Å²) in [4.78, 5) is 19.9. The molecule has 6 heteroatoms. The Morgan fingerprint density at radius 1 is 1.32 bits per heavy atom. The molecule has 19 heavy (non-hydrogen) atoms. The highest BCUT2D eigenvalue weighted by Crippen LogP contribution is 2.26. The zero-order valence-corrected chi connectivity index (χ0v) is 11.6. The van der Waals surface area contributed by atoms with Gasteiger partial charge in [0, 0.05) is 17.1 Å². The van der Waals surface area contributed by atoms with Crippen molar-refractivity contribution in [3.05, 3.63) is 29.5 Å². The van der Waals surface area contributed by atoms with Crippen LogP contribution in [0.3, 0.4) is 0 Å². The highest BCUT2D eigenvalue weighted by molar-refractivity contribution is 7.13. The molecule has 0 aliphatic heterocycles. The zero-order valence-electron chi connectivity index (χ0n) is 10.8. The lowest BCUT2D eigenvalue weighted by Crippen LogP contribution is -2.04. The number of pyridine rings is 1. The standard InChI is InChI=1S/C13H14N2O3S/c1-3-17-10-5-9(6-14-7-10)12-15-11(8-19-12)13(16)18-4-2/h5-8H,3-4H2,1-2H3. The van der Waals surface area contributed by atoms with Crippen LogP contribution in [0.5, 0.6) is 5.75 Å². The van der Waals surface area contributed by atoms with E-state index in [0.717, 1.165) is 10.6 Å². The molecule has 2 aromatic heterocycles. The lowest BCUT2D eigenvalue weighted by Gasteiger charge is -2.03. The number of thiazole rings is 1. The number of rotatable bonds is 5. The molecule has 0 spiro atoms. The maximum atomic E-state index is 11.5. The fourth-order valence-corrected chi connectivity index (χ4v) is 2.26. The summed E-state index contributed by atoms with van der Waals surface area (Å²) in [6, 6.07) is 1.85. The first kappa shape index (κ1) is 13.5. The van der Waals surface area contributed by atoms with Crippen LogP contribution in [0.1, 0.15) is 24.3 Å². The van der Waals surface area contributed by atoms with Crippen molar-refractivity contribution in [1.82, 2.24) is 9.97 Å². The van der Waals surface area contributed by atoms with E-state index in [1.165, 1.54) is 11.3 Å². The third-order valence-electron chi connectivity index (χ3n) is 2.26. The maximum absolute atomic E-state index is 11.5. The molecule has 0 saturated carbocycles. The van der Waals surface area contributed by atoms with Gasteiger partial charge in [0.2, 0.25) is 0 Å². The average Bonchev–Trinajstić information content (AvgIpc) is 2.89. The molecule has 0 aliphatic rings. The second kappa shape index (κ2) is 6.29. The van der Waals surface area contributed by atoms with E-state index in [0.29, 0.717) is 24.7 Å². The van der Waals surface area contributed by atoms with Gasteiger partial charge >= 0.3 is 5.97 Å². The number of carbonyl (C=O) groups is 1. The van der Waals surface area contributed by atoms with Crippen molar-refractivity contribution in [2.45, 2.75) is 13.8 Å². The SMILES string of the molecule is CCOC(=O)c1csc(-c2cncc(OCC)c2)n1.